The summed E-state index contributed by atoms with van der Waals surface area (Å²) in [6, 6.07) is 16.5. The molecule has 2 N–H and O–H groups in total. The summed E-state index contributed by atoms with van der Waals surface area (Å²) in [6.45, 7) is 5.39. The van der Waals surface area contributed by atoms with E-state index in [4.69, 9.17) is 0 Å². The number of anilines is 2. The van der Waals surface area contributed by atoms with E-state index in [0.29, 0.717) is 35.5 Å². The molecule has 0 saturated heterocycles. The Bertz CT molecular complexity index is 1460. The van der Waals surface area contributed by atoms with Crippen molar-refractivity contribution in [3.05, 3.63) is 88.6 Å². The fourth-order valence-electron chi connectivity index (χ4n) is 5.39. The number of fused-ring (bicyclic) bond motifs is 3. The summed E-state index contributed by atoms with van der Waals surface area (Å²) < 4.78 is 0. The number of carbonyl (C=O) groups excluding carboxylic acids is 4. The van der Waals surface area contributed by atoms with Crippen LogP contribution < -0.4 is 10.6 Å². The van der Waals surface area contributed by atoms with E-state index in [9.17, 15) is 19.2 Å². The zero-order valence-corrected chi connectivity index (χ0v) is 21.7. The van der Waals surface area contributed by atoms with Gasteiger partial charge in [0.25, 0.3) is 0 Å². The third-order valence-electron chi connectivity index (χ3n) is 7.27. The minimum atomic E-state index is -0.703. The summed E-state index contributed by atoms with van der Waals surface area (Å²) >= 11 is 0. The molecule has 1 atom stereocenters. The molecule has 0 fully saturated rings. The lowest BCUT2D eigenvalue weighted by Gasteiger charge is -2.29. The Morgan fingerprint density at radius 1 is 1.08 bits per heavy atom. The van der Waals surface area contributed by atoms with Crippen LogP contribution in [0.25, 0.3) is 0 Å². The highest BCUT2D eigenvalue weighted by atomic mass is 16.2. The van der Waals surface area contributed by atoms with Gasteiger partial charge in [-0.3, -0.25) is 19.2 Å². The van der Waals surface area contributed by atoms with Crippen molar-refractivity contribution in [2.75, 3.05) is 17.2 Å². The Balaban J connectivity index is 1.33. The van der Waals surface area contributed by atoms with E-state index >= 15 is 0 Å². The number of carbonyl (C=O) groups is 4. The summed E-state index contributed by atoms with van der Waals surface area (Å²) in [5.41, 5.74) is 3.34. The number of hydrogen-bond acceptors (Lipinski definition) is 5. The SMILES string of the molecule is CC(C)(C)C(=O)N(CC(=O)Nc1ccc2c(c1)CC1(C2)C(=O)Nc2ncccc21)Cc1ccccc1C=O. The van der Waals surface area contributed by atoms with Crippen molar-refractivity contribution in [1.29, 1.82) is 0 Å². The molecule has 2 heterocycles. The maximum absolute atomic E-state index is 13.2. The van der Waals surface area contributed by atoms with E-state index in [0.717, 1.165) is 23.0 Å². The van der Waals surface area contributed by atoms with E-state index in [-0.39, 0.29) is 30.8 Å². The van der Waals surface area contributed by atoms with Gasteiger partial charge >= 0.3 is 0 Å². The first-order chi connectivity index (χ1) is 18.1. The van der Waals surface area contributed by atoms with Crippen LogP contribution in [0.5, 0.6) is 0 Å². The minimum absolute atomic E-state index is 0.0556. The molecule has 194 valence electrons. The number of rotatable bonds is 6. The van der Waals surface area contributed by atoms with Crippen molar-refractivity contribution in [2.45, 2.75) is 45.6 Å². The summed E-state index contributed by atoms with van der Waals surface area (Å²) in [6.07, 6.45) is 3.52. The zero-order chi connectivity index (χ0) is 27.1. The highest BCUT2D eigenvalue weighted by molar-refractivity contribution is 6.06. The van der Waals surface area contributed by atoms with E-state index in [1.807, 2.05) is 30.3 Å². The van der Waals surface area contributed by atoms with Gasteiger partial charge in [0.15, 0.2) is 0 Å². The molecule has 0 radical (unpaired) electrons. The first kappa shape index (κ1) is 25.3. The van der Waals surface area contributed by atoms with Crippen molar-refractivity contribution in [1.82, 2.24) is 9.88 Å². The normalized spacial score (nSPS) is 17.5. The summed E-state index contributed by atoms with van der Waals surface area (Å²) in [4.78, 5) is 56.6. The summed E-state index contributed by atoms with van der Waals surface area (Å²) in [7, 11) is 0. The van der Waals surface area contributed by atoms with Gasteiger partial charge in [-0.05, 0) is 47.7 Å². The molecule has 0 saturated carbocycles. The molecule has 38 heavy (non-hydrogen) atoms. The lowest BCUT2D eigenvalue weighted by atomic mass is 9.79. The average molecular weight is 511 g/mol. The third-order valence-corrected chi connectivity index (χ3v) is 7.27. The number of aldehydes is 1. The van der Waals surface area contributed by atoms with E-state index in [1.54, 1.807) is 51.2 Å². The number of hydrogen-bond donors (Lipinski definition) is 2. The Morgan fingerprint density at radius 3 is 2.61 bits per heavy atom. The molecule has 8 heteroatoms. The Morgan fingerprint density at radius 2 is 1.84 bits per heavy atom. The summed E-state index contributed by atoms with van der Waals surface area (Å²) in [5, 5.41) is 5.82. The first-order valence-electron chi connectivity index (χ1n) is 12.6. The standard InChI is InChI=1S/C30H30N4O4/c1-29(2,3)28(38)34(16-20-7-4-5-8-21(20)18-35)17-25(36)32-23-11-10-19-14-30(15-22(19)13-23)24-9-6-12-31-26(24)33-27(30)37/h4-13,18H,14-17H2,1-3H3,(H,32,36)(H,31,33,37). The van der Waals surface area contributed by atoms with E-state index in [1.165, 1.54) is 4.90 Å². The third kappa shape index (κ3) is 4.58. The Labute approximate surface area is 221 Å². The zero-order valence-electron chi connectivity index (χ0n) is 21.7. The lowest BCUT2D eigenvalue weighted by molar-refractivity contribution is -0.142. The van der Waals surface area contributed by atoms with Crippen molar-refractivity contribution in [2.24, 2.45) is 5.41 Å². The van der Waals surface area contributed by atoms with Crippen molar-refractivity contribution in [3.8, 4) is 0 Å². The van der Waals surface area contributed by atoms with Crippen LogP contribution in [-0.2, 0) is 39.2 Å². The topological polar surface area (TPSA) is 108 Å². The molecule has 1 unspecified atom stereocenters. The molecule has 3 amide bonds. The number of nitrogens with zero attached hydrogens (tertiary/aromatic N) is 2. The second kappa shape index (κ2) is 9.52. The van der Waals surface area contributed by atoms with Gasteiger partial charge in [0.2, 0.25) is 17.7 Å². The van der Waals surface area contributed by atoms with Crippen molar-refractivity contribution < 1.29 is 19.2 Å². The van der Waals surface area contributed by atoms with Crippen LogP contribution >= 0.6 is 0 Å². The Hall–Kier alpha value is -4.33. The number of aromatic nitrogens is 1. The first-order valence-corrected chi connectivity index (χ1v) is 12.6. The van der Waals surface area contributed by atoms with Gasteiger partial charge in [0.1, 0.15) is 18.6 Å². The molecular weight excluding hydrogens is 480 g/mol. The quantitative estimate of drug-likeness (QED) is 0.489. The highest BCUT2D eigenvalue weighted by Gasteiger charge is 2.51. The second-order valence-corrected chi connectivity index (χ2v) is 11.0. The Kier molecular flexibility index (Phi) is 6.34. The molecule has 1 spiro atoms. The molecule has 2 aromatic carbocycles. The van der Waals surface area contributed by atoms with Crippen LogP contribution in [0.15, 0.2) is 60.8 Å². The van der Waals surface area contributed by atoms with Crippen LogP contribution in [0.1, 0.15) is 53.4 Å². The smallest absolute Gasteiger partial charge is 0.244 e. The molecule has 8 nitrogen and oxygen atoms in total. The van der Waals surface area contributed by atoms with E-state index < -0.39 is 10.8 Å². The highest BCUT2D eigenvalue weighted by Crippen LogP contribution is 2.46. The van der Waals surface area contributed by atoms with Gasteiger partial charge < -0.3 is 15.5 Å². The largest absolute Gasteiger partial charge is 0.329 e. The minimum Gasteiger partial charge on any atom is -0.329 e. The fraction of sp³-hybridized carbons (Fsp3) is 0.300. The maximum Gasteiger partial charge on any atom is 0.244 e. The molecule has 2 aliphatic rings. The fourth-order valence-corrected chi connectivity index (χ4v) is 5.39. The van der Waals surface area contributed by atoms with Crippen LogP contribution in [0.4, 0.5) is 11.5 Å². The van der Waals surface area contributed by atoms with Crippen molar-refractivity contribution >= 4 is 35.5 Å². The van der Waals surface area contributed by atoms with Gasteiger partial charge in [-0.15, -0.1) is 0 Å². The predicted octanol–water partition coefficient (Wildman–Crippen LogP) is 3.90. The molecular formula is C30H30N4O4. The number of pyridine rings is 1. The number of nitrogens with one attached hydrogen (secondary N) is 2. The van der Waals surface area contributed by atoms with Gasteiger partial charge in [-0.2, -0.15) is 0 Å². The van der Waals surface area contributed by atoms with Crippen molar-refractivity contribution in [3.63, 3.8) is 0 Å². The maximum atomic E-state index is 13.2. The number of benzene rings is 2. The van der Waals surface area contributed by atoms with Crippen LogP contribution in [-0.4, -0.2) is 40.4 Å². The molecule has 1 aliphatic carbocycles. The second-order valence-electron chi connectivity index (χ2n) is 11.0. The summed E-state index contributed by atoms with van der Waals surface area (Å²) in [5.74, 6) is 0.0225. The van der Waals surface area contributed by atoms with Crippen LogP contribution in [0.3, 0.4) is 0 Å². The monoisotopic (exact) mass is 510 g/mol. The average Bonchev–Trinajstić information content (AvgIpc) is 3.40. The molecule has 3 aromatic rings. The van der Waals surface area contributed by atoms with Gasteiger partial charge in [0, 0.05) is 35.0 Å². The lowest BCUT2D eigenvalue weighted by Crippen LogP contribution is -2.43. The molecule has 0 bridgehead atoms. The van der Waals surface area contributed by atoms with Gasteiger partial charge in [-0.25, -0.2) is 4.98 Å². The molecule has 1 aromatic heterocycles. The molecule has 5 rings (SSSR count). The molecule has 1 aliphatic heterocycles. The predicted molar refractivity (Wildman–Crippen MR) is 144 cm³/mol. The van der Waals surface area contributed by atoms with Crippen LogP contribution in [0, 0.1) is 5.41 Å². The van der Waals surface area contributed by atoms with Gasteiger partial charge in [-0.1, -0.05) is 57.2 Å². The van der Waals surface area contributed by atoms with Gasteiger partial charge in [0.05, 0.1) is 5.41 Å². The number of amides is 3. The van der Waals surface area contributed by atoms with E-state index in [2.05, 4.69) is 15.6 Å². The van der Waals surface area contributed by atoms with Crippen LogP contribution in [0.2, 0.25) is 0 Å².